The fourth-order valence-corrected chi connectivity index (χ4v) is 2.17. The molecule has 3 nitrogen and oxygen atoms in total. The van der Waals surface area contributed by atoms with Crippen molar-refractivity contribution in [3.8, 4) is 0 Å². The molecule has 1 rings (SSSR count). The highest BCUT2D eigenvalue weighted by Crippen LogP contribution is 2.28. The Morgan fingerprint density at radius 3 is 2.62 bits per heavy atom. The van der Waals surface area contributed by atoms with Crippen LogP contribution in [0, 0.1) is 5.92 Å². The zero-order chi connectivity index (χ0) is 9.68. The van der Waals surface area contributed by atoms with Crippen molar-refractivity contribution >= 4 is 17.8 Å². The molecule has 0 heterocycles. The van der Waals surface area contributed by atoms with Gasteiger partial charge < -0.3 is 9.84 Å². The molecule has 76 valence electrons. The summed E-state index contributed by atoms with van der Waals surface area (Å²) < 4.78 is 4.43. The maximum atomic E-state index is 10.1. The maximum absolute atomic E-state index is 10.1. The van der Waals surface area contributed by atoms with Crippen LogP contribution in [0.2, 0.25) is 0 Å². The quantitative estimate of drug-likeness (QED) is 0.570. The molecular weight excluding hydrogens is 192 g/mol. The van der Waals surface area contributed by atoms with Gasteiger partial charge in [0, 0.05) is 6.42 Å². The Morgan fingerprint density at radius 1 is 1.46 bits per heavy atom. The second kappa shape index (κ2) is 5.32. The van der Waals surface area contributed by atoms with E-state index < -0.39 is 11.7 Å². The summed E-state index contributed by atoms with van der Waals surface area (Å²) in [5.41, 5.74) is -0.666. The SMILES string of the molecule is O=C(O)OC(Cl)CC1CCCCC1. The van der Waals surface area contributed by atoms with Crippen molar-refractivity contribution in [2.24, 2.45) is 5.92 Å². The van der Waals surface area contributed by atoms with Crippen LogP contribution in [0.5, 0.6) is 0 Å². The summed E-state index contributed by atoms with van der Waals surface area (Å²) >= 11 is 5.71. The van der Waals surface area contributed by atoms with E-state index >= 15 is 0 Å². The molecule has 0 bridgehead atoms. The molecule has 1 aliphatic carbocycles. The van der Waals surface area contributed by atoms with Crippen LogP contribution in [-0.4, -0.2) is 16.8 Å². The lowest BCUT2D eigenvalue weighted by molar-refractivity contribution is 0.0695. The smallest absolute Gasteiger partial charge is 0.450 e. The van der Waals surface area contributed by atoms with E-state index in [0.29, 0.717) is 12.3 Å². The van der Waals surface area contributed by atoms with Crippen molar-refractivity contribution in [2.45, 2.75) is 44.1 Å². The number of ether oxygens (including phenoxy) is 1. The minimum absolute atomic E-state index is 0.551. The lowest BCUT2D eigenvalue weighted by atomic mass is 9.87. The summed E-state index contributed by atoms with van der Waals surface area (Å²) in [6.45, 7) is 0. The number of hydrogen-bond donors (Lipinski definition) is 1. The fraction of sp³-hybridized carbons (Fsp3) is 0.889. The van der Waals surface area contributed by atoms with Crippen molar-refractivity contribution in [1.29, 1.82) is 0 Å². The van der Waals surface area contributed by atoms with Crippen molar-refractivity contribution in [3.05, 3.63) is 0 Å². The molecule has 1 fully saturated rings. The minimum atomic E-state index is -1.28. The third-order valence-corrected chi connectivity index (χ3v) is 2.74. The van der Waals surface area contributed by atoms with Crippen molar-refractivity contribution in [3.63, 3.8) is 0 Å². The molecule has 0 aromatic rings. The summed E-state index contributed by atoms with van der Waals surface area (Å²) in [7, 11) is 0. The topological polar surface area (TPSA) is 46.5 Å². The van der Waals surface area contributed by atoms with E-state index in [1.165, 1.54) is 19.3 Å². The van der Waals surface area contributed by atoms with Gasteiger partial charge in [-0.1, -0.05) is 43.7 Å². The van der Waals surface area contributed by atoms with Crippen LogP contribution in [0.3, 0.4) is 0 Å². The molecule has 0 aliphatic heterocycles. The first-order valence-electron chi connectivity index (χ1n) is 4.72. The Hall–Kier alpha value is -0.440. The van der Waals surface area contributed by atoms with Gasteiger partial charge in [0.15, 0.2) is 5.56 Å². The normalized spacial score (nSPS) is 21.0. The summed E-state index contributed by atoms with van der Waals surface area (Å²) in [6.07, 6.45) is 5.47. The van der Waals surface area contributed by atoms with E-state index in [2.05, 4.69) is 4.74 Å². The van der Waals surface area contributed by atoms with Gasteiger partial charge in [0.2, 0.25) is 0 Å². The van der Waals surface area contributed by atoms with Crippen LogP contribution in [0.1, 0.15) is 38.5 Å². The van der Waals surface area contributed by atoms with Gasteiger partial charge in [0.1, 0.15) is 0 Å². The van der Waals surface area contributed by atoms with Crippen molar-refractivity contribution in [2.75, 3.05) is 0 Å². The number of alkyl halides is 1. The molecular formula is C9H15ClO3. The van der Waals surface area contributed by atoms with E-state index in [4.69, 9.17) is 16.7 Å². The monoisotopic (exact) mass is 206 g/mol. The van der Waals surface area contributed by atoms with Gasteiger partial charge in [0.05, 0.1) is 0 Å². The first-order valence-corrected chi connectivity index (χ1v) is 5.16. The molecule has 4 heteroatoms. The molecule has 0 radical (unpaired) electrons. The summed E-state index contributed by atoms with van der Waals surface area (Å²) in [5.74, 6) is 0.551. The Morgan fingerprint density at radius 2 is 2.08 bits per heavy atom. The standard InChI is InChI=1S/C9H15ClO3/c10-8(13-9(11)12)6-7-4-2-1-3-5-7/h7-8H,1-6H2,(H,11,12). The molecule has 0 saturated heterocycles. The van der Waals surface area contributed by atoms with Crippen LogP contribution in [-0.2, 0) is 4.74 Å². The maximum Gasteiger partial charge on any atom is 0.507 e. The van der Waals surface area contributed by atoms with E-state index in [1.807, 2.05) is 0 Å². The van der Waals surface area contributed by atoms with Crippen LogP contribution in [0.25, 0.3) is 0 Å². The predicted molar refractivity (Wildman–Crippen MR) is 49.9 cm³/mol. The highest BCUT2D eigenvalue weighted by molar-refractivity contribution is 6.20. The average molecular weight is 207 g/mol. The lowest BCUT2D eigenvalue weighted by Crippen LogP contribution is -2.17. The molecule has 1 aliphatic rings. The number of rotatable bonds is 3. The minimum Gasteiger partial charge on any atom is -0.450 e. The van der Waals surface area contributed by atoms with Gasteiger partial charge in [-0.15, -0.1) is 0 Å². The fourth-order valence-electron chi connectivity index (χ4n) is 1.84. The Balaban J connectivity index is 2.18. The lowest BCUT2D eigenvalue weighted by Gasteiger charge is -2.22. The molecule has 13 heavy (non-hydrogen) atoms. The molecule has 1 unspecified atom stereocenters. The van der Waals surface area contributed by atoms with Gasteiger partial charge in [0.25, 0.3) is 0 Å². The molecule has 0 aromatic heterocycles. The molecule has 0 aromatic carbocycles. The molecule has 1 saturated carbocycles. The molecule has 1 N–H and O–H groups in total. The number of halogens is 1. The summed E-state index contributed by atoms with van der Waals surface area (Å²) in [5, 5.41) is 8.31. The number of carbonyl (C=O) groups is 1. The zero-order valence-corrected chi connectivity index (χ0v) is 8.29. The Kier molecular flexibility index (Phi) is 4.36. The van der Waals surface area contributed by atoms with Gasteiger partial charge in [-0.25, -0.2) is 4.79 Å². The van der Waals surface area contributed by atoms with Gasteiger partial charge in [-0.05, 0) is 5.92 Å². The van der Waals surface area contributed by atoms with E-state index in [1.54, 1.807) is 0 Å². The Bertz CT molecular complexity index is 166. The van der Waals surface area contributed by atoms with Crippen LogP contribution >= 0.6 is 11.6 Å². The number of hydrogen-bond acceptors (Lipinski definition) is 2. The van der Waals surface area contributed by atoms with Crippen molar-refractivity contribution in [1.82, 2.24) is 0 Å². The van der Waals surface area contributed by atoms with Crippen LogP contribution in [0.4, 0.5) is 4.79 Å². The molecule has 0 amide bonds. The first kappa shape index (κ1) is 10.6. The molecule has 1 atom stereocenters. The predicted octanol–water partition coefficient (Wildman–Crippen LogP) is 3.22. The summed E-state index contributed by atoms with van der Waals surface area (Å²) in [4.78, 5) is 10.1. The van der Waals surface area contributed by atoms with E-state index in [0.717, 1.165) is 12.8 Å². The van der Waals surface area contributed by atoms with E-state index in [9.17, 15) is 4.79 Å². The first-order chi connectivity index (χ1) is 6.18. The van der Waals surface area contributed by atoms with Crippen LogP contribution < -0.4 is 0 Å². The highest BCUT2D eigenvalue weighted by Gasteiger charge is 2.19. The number of carboxylic acid groups (broad SMARTS) is 1. The largest absolute Gasteiger partial charge is 0.507 e. The zero-order valence-electron chi connectivity index (χ0n) is 7.54. The average Bonchev–Trinajstić information content (AvgIpc) is 2.04. The van der Waals surface area contributed by atoms with Gasteiger partial charge >= 0.3 is 6.16 Å². The third kappa shape index (κ3) is 4.36. The second-order valence-electron chi connectivity index (χ2n) is 3.53. The Labute approximate surface area is 83.0 Å². The third-order valence-electron chi connectivity index (χ3n) is 2.47. The van der Waals surface area contributed by atoms with Crippen molar-refractivity contribution < 1.29 is 14.6 Å². The van der Waals surface area contributed by atoms with Gasteiger partial charge in [-0.2, -0.15) is 0 Å². The molecule has 0 spiro atoms. The highest BCUT2D eigenvalue weighted by atomic mass is 35.5. The van der Waals surface area contributed by atoms with Gasteiger partial charge in [-0.3, -0.25) is 0 Å². The van der Waals surface area contributed by atoms with E-state index in [-0.39, 0.29) is 0 Å². The summed E-state index contributed by atoms with van der Waals surface area (Å²) in [6, 6.07) is 0. The second-order valence-corrected chi connectivity index (χ2v) is 4.02. The van der Waals surface area contributed by atoms with Crippen LogP contribution in [0.15, 0.2) is 0 Å².